The minimum absolute atomic E-state index is 0.357. The molecule has 0 aliphatic carbocycles. The van der Waals surface area contributed by atoms with E-state index in [1.165, 1.54) is 0 Å². The Morgan fingerprint density at radius 3 is 2.53 bits per heavy atom. The van der Waals surface area contributed by atoms with Crippen molar-refractivity contribution in [1.29, 1.82) is 0 Å². The number of pyridine rings is 1. The Bertz CT molecular complexity index is 324. The number of nitrogens with zero attached hydrogens (tertiary/aromatic N) is 2. The minimum atomic E-state index is 0.357. The maximum Gasteiger partial charge on any atom is 0.142 e. The van der Waals surface area contributed by atoms with Gasteiger partial charge < -0.3 is 15.6 Å². The smallest absolute Gasteiger partial charge is 0.142 e. The van der Waals surface area contributed by atoms with Crippen LogP contribution in [-0.4, -0.2) is 35.6 Å². The van der Waals surface area contributed by atoms with Gasteiger partial charge in [0.15, 0.2) is 0 Å². The van der Waals surface area contributed by atoms with Crippen molar-refractivity contribution in [2.24, 2.45) is 5.84 Å². The van der Waals surface area contributed by atoms with Gasteiger partial charge in [-0.25, -0.2) is 10.8 Å². The van der Waals surface area contributed by atoms with Crippen LogP contribution in [0.4, 0.5) is 11.6 Å². The van der Waals surface area contributed by atoms with Crippen LogP contribution >= 0.6 is 0 Å². The van der Waals surface area contributed by atoms with Crippen LogP contribution in [0.5, 0.6) is 0 Å². The van der Waals surface area contributed by atoms with Gasteiger partial charge in [0.05, 0.1) is 0 Å². The summed E-state index contributed by atoms with van der Waals surface area (Å²) < 4.78 is 0. The van der Waals surface area contributed by atoms with Crippen LogP contribution < -0.4 is 16.6 Å². The molecule has 0 aliphatic rings. The van der Waals surface area contributed by atoms with Gasteiger partial charge in [-0.1, -0.05) is 19.9 Å². The molecule has 0 aromatic carbocycles. The summed E-state index contributed by atoms with van der Waals surface area (Å²) in [5, 5.41) is 3.37. The molecule has 0 spiro atoms. The second-order valence-corrected chi connectivity index (χ2v) is 4.08. The van der Waals surface area contributed by atoms with Crippen molar-refractivity contribution in [2.75, 3.05) is 30.4 Å². The molecule has 96 valence electrons. The van der Waals surface area contributed by atoms with E-state index >= 15 is 0 Å². The maximum absolute atomic E-state index is 5.32. The van der Waals surface area contributed by atoms with Crippen LogP contribution in [0.15, 0.2) is 18.2 Å². The average molecular weight is 237 g/mol. The topological polar surface area (TPSA) is 66.2 Å². The number of nitrogens with two attached hydrogens (primary N) is 1. The third kappa shape index (κ3) is 4.58. The summed E-state index contributed by atoms with van der Waals surface area (Å²) in [5.74, 6) is 6.84. The van der Waals surface area contributed by atoms with Gasteiger partial charge in [-0.15, -0.1) is 0 Å². The minimum Gasteiger partial charge on any atom is -0.366 e. The van der Waals surface area contributed by atoms with Crippen LogP contribution in [0, 0.1) is 0 Å². The van der Waals surface area contributed by atoms with Crippen molar-refractivity contribution >= 4 is 11.6 Å². The summed E-state index contributed by atoms with van der Waals surface area (Å²) in [4.78, 5) is 6.70. The standard InChI is InChI=1S/C12H23N5/c1-4-17(5-2)9-10(3)14-11-7-6-8-12(15-11)16-13/h6-8,10H,4-5,9,13H2,1-3H3,(H2,14,15,16). The first-order chi connectivity index (χ1) is 8.19. The molecule has 1 heterocycles. The average Bonchev–Trinajstić information content (AvgIpc) is 2.36. The third-order valence-corrected chi connectivity index (χ3v) is 2.72. The largest absolute Gasteiger partial charge is 0.366 e. The number of rotatable bonds is 7. The van der Waals surface area contributed by atoms with E-state index in [9.17, 15) is 0 Å². The second kappa shape index (κ2) is 7.09. The fourth-order valence-electron chi connectivity index (χ4n) is 1.76. The Labute approximate surface area is 103 Å². The zero-order valence-electron chi connectivity index (χ0n) is 10.9. The molecule has 5 nitrogen and oxygen atoms in total. The first-order valence-corrected chi connectivity index (χ1v) is 6.12. The van der Waals surface area contributed by atoms with E-state index < -0.39 is 0 Å². The molecular weight excluding hydrogens is 214 g/mol. The lowest BCUT2D eigenvalue weighted by Gasteiger charge is -2.23. The van der Waals surface area contributed by atoms with Gasteiger partial charge in [-0.05, 0) is 32.1 Å². The number of nitrogens with one attached hydrogen (secondary N) is 2. The molecule has 17 heavy (non-hydrogen) atoms. The van der Waals surface area contributed by atoms with Gasteiger partial charge in [0.25, 0.3) is 0 Å². The maximum atomic E-state index is 5.32. The molecule has 1 atom stereocenters. The molecule has 0 amide bonds. The molecule has 0 fully saturated rings. The van der Waals surface area contributed by atoms with Crippen molar-refractivity contribution in [3.8, 4) is 0 Å². The summed E-state index contributed by atoms with van der Waals surface area (Å²) in [6.07, 6.45) is 0. The van der Waals surface area contributed by atoms with Crippen LogP contribution in [0.3, 0.4) is 0 Å². The Kier molecular flexibility index (Phi) is 5.72. The van der Waals surface area contributed by atoms with Crippen molar-refractivity contribution in [2.45, 2.75) is 26.8 Å². The Balaban J connectivity index is 2.52. The van der Waals surface area contributed by atoms with Gasteiger partial charge in [0.2, 0.25) is 0 Å². The Morgan fingerprint density at radius 1 is 1.29 bits per heavy atom. The first kappa shape index (κ1) is 13.7. The van der Waals surface area contributed by atoms with E-state index in [0.29, 0.717) is 11.9 Å². The molecule has 1 unspecified atom stereocenters. The summed E-state index contributed by atoms with van der Waals surface area (Å²) >= 11 is 0. The SMILES string of the molecule is CCN(CC)CC(C)Nc1cccc(NN)n1. The van der Waals surface area contributed by atoms with Crippen LogP contribution in [0.1, 0.15) is 20.8 Å². The molecule has 0 saturated heterocycles. The molecule has 1 aromatic heterocycles. The van der Waals surface area contributed by atoms with Gasteiger partial charge in [0.1, 0.15) is 11.6 Å². The quantitative estimate of drug-likeness (QED) is 0.495. The monoisotopic (exact) mass is 237 g/mol. The number of hydrogen-bond acceptors (Lipinski definition) is 5. The number of anilines is 2. The van der Waals surface area contributed by atoms with Crippen LogP contribution in [0.2, 0.25) is 0 Å². The lowest BCUT2D eigenvalue weighted by atomic mass is 10.3. The van der Waals surface area contributed by atoms with E-state index in [2.05, 4.69) is 41.4 Å². The first-order valence-electron chi connectivity index (χ1n) is 6.12. The number of nitrogen functional groups attached to an aromatic ring is 1. The van der Waals surface area contributed by atoms with E-state index in [4.69, 9.17) is 5.84 Å². The Morgan fingerprint density at radius 2 is 1.94 bits per heavy atom. The number of aromatic nitrogens is 1. The summed E-state index contributed by atoms with van der Waals surface area (Å²) in [6.45, 7) is 9.65. The highest BCUT2D eigenvalue weighted by atomic mass is 15.3. The van der Waals surface area contributed by atoms with Crippen molar-refractivity contribution < 1.29 is 0 Å². The Hall–Kier alpha value is -1.33. The van der Waals surface area contributed by atoms with Crippen molar-refractivity contribution in [1.82, 2.24) is 9.88 Å². The van der Waals surface area contributed by atoms with Crippen molar-refractivity contribution in [3.05, 3.63) is 18.2 Å². The zero-order chi connectivity index (χ0) is 12.7. The molecule has 5 heteroatoms. The predicted molar refractivity (Wildman–Crippen MR) is 72.9 cm³/mol. The van der Waals surface area contributed by atoms with Crippen molar-refractivity contribution in [3.63, 3.8) is 0 Å². The molecule has 0 aliphatic heterocycles. The lowest BCUT2D eigenvalue weighted by molar-refractivity contribution is 0.294. The summed E-state index contributed by atoms with van der Waals surface area (Å²) in [6, 6.07) is 6.06. The third-order valence-electron chi connectivity index (χ3n) is 2.72. The molecule has 4 N–H and O–H groups in total. The lowest BCUT2D eigenvalue weighted by Crippen LogP contribution is -2.34. The highest BCUT2D eigenvalue weighted by Crippen LogP contribution is 2.09. The molecule has 0 radical (unpaired) electrons. The van der Waals surface area contributed by atoms with Crippen LogP contribution in [0.25, 0.3) is 0 Å². The zero-order valence-corrected chi connectivity index (χ0v) is 10.9. The van der Waals surface area contributed by atoms with E-state index in [1.54, 1.807) is 0 Å². The molecule has 0 saturated carbocycles. The fraction of sp³-hybridized carbons (Fsp3) is 0.583. The van der Waals surface area contributed by atoms with Gasteiger partial charge in [0, 0.05) is 12.6 Å². The molecular formula is C12H23N5. The summed E-state index contributed by atoms with van der Waals surface area (Å²) in [7, 11) is 0. The van der Waals surface area contributed by atoms with E-state index in [1.807, 2.05) is 18.2 Å². The van der Waals surface area contributed by atoms with Gasteiger partial charge in [-0.2, -0.15) is 0 Å². The highest BCUT2D eigenvalue weighted by Gasteiger charge is 2.07. The number of hydrogen-bond donors (Lipinski definition) is 3. The van der Waals surface area contributed by atoms with Crippen LogP contribution in [-0.2, 0) is 0 Å². The highest BCUT2D eigenvalue weighted by molar-refractivity contribution is 5.44. The number of likely N-dealkylation sites (N-methyl/N-ethyl adjacent to an activating group) is 1. The van der Waals surface area contributed by atoms with E-state index in [-0.39, 0.29) is 0 Å². The van der Waals surface area contributed by atoms with Gasteiger partial charge >= 0.3 is 0 Å². The van der Waals surface area contributed by atoms with E-state index in [0.717, 1.165) is 25.5 Å². The number of hydrazine groups is 1. The molecule has 0 bridgehead atoms. The van der Waals surface area contributed by atoms with Gasteiger partial charge in [-0.3, -0.25) is 0 Å². The molecule has 1 rings (SSSR count). The summed E-state index contributed by atoms with van der Waals surface area (Å²) in [5.41, 5.74) is 2.54. The second-order valence-electron chi connectivity index (χ2n) is 4.08. The normalized spacial score (nSPS) is 12.5. The molecule has 1 aromatic rings. The predicted octanol–water partition coefficient (Wildman–Crippen LogP) is 1.51. The fourth-order valence-corrected chi connectivity index (χ4v) is 1.76.